The Labute approximate surface area is 79.4 Å². The van der Waals surface area contributed by atoms with Crippen molar-refractivity contribution in [3.63, 3.8) is 0 Å². The second-order valence-electron chi connectivity index (χ2n) is 4.60. The lowest BCUT2D eigenvalue weighted by molar-refractivity contribution is -0.877. The van der Waals surface area contributed by atoms with Gasteiger partial charge in [0, 0.05) is 0 Å². The van der Waals surface area contributed by atoms with Gasteiger partial charge >= 0.3 is 5.97 Å². The zero-order valence-electron chi connectivity index (χ0n) is 8.87. The summed E-state index contributed by atoms with van der Waals surface area (Å²) in [7, 11) is 5.80. The van der Waals surface area contributed by atoms with E-state index >= 15 is 0 Å². The maximum absolute atomic E-state index is 10.5. The van der Waals surface area contributed by atoms with Crippen LogP contribution in [-0.4, -0.2) is 54.0 Å². The largest absolute Gasteiger partial charge is 0.481 e. The molecular weight excluding hydrogens is 170 g/mol. The highest BCUT2D eigenvalue weighted by atomic mass is 16.4. The minimum Gasteiger partial charge on any atom is -0.481 e. The summed E-state index contributed by atoms with van der Waals surface area (Å²) in [6.45, 7) is 2.26. The third-order valence-corrected chi connectivity index (χ3v) is 1.91. The molecule has 0 rings (SSSR count). The van der Waals surface area contributed by atoms with Crippen LogP contribution in [0.1, 0.15) is 19.8 Å². The van der Waals surface area contributed by atoms with Crippen LogP contribution < -0.4 is 0 Å². The Morgan fingerprint density at radius 3 is 2.08 bits per heavy atom. The molecule has 0 unspecified atom stereocenters. The molecule has 1 atom stereocenters. The number of aliphatic carboxylic acids is 1. The lowest BCUT2D eigenvalue weighted by Gasteiger charge is -2.34. The van der Waals surface area contributed by atoms with Crippen molar-refractivity contribution >= 4 is 5.97 Å². The minimum absolute atomic E-state index is 0.182. The monoisotopic (exact) mass is 190 g/mol. The summed E-state index contributed by atoms with van der Waals surface area (Å²) in [4.78, 5) is 10.5. The van der Waals surface area contributed by atoms with Crippen LogP contribution in [0.4, 0.5) is 0 Å². The molecule has 0 heterocycles. The number of carboxylic acids is 1. The normalized spacial score (nSPS) is 16.7. The molecule has 0 saturated heterocycles. The van der Waals surface area contributed by atoms with Gasteiger partial charge in [-0.25, -0.2) is 0 Å². The summed E-state index contributed by atoms with van der Waals surface area (Å²) >= 11 is 0. The van der Waals surface area contributed by atoms with Crippen molar-refractivity contribution in [1.82, 2.24) is 0 Å². The molecule has 0 amide bonds. The Balaban J connectivity index is 4.36. The predicted octanol–water partition coefficient (Wildman–Crippen LogP) is 0.308. The first kappa shape index (κ1) is 12.4. The standard InChI is InChI=1S/C9H19NO3/c1-5-9(13,6-8(11)12)7-10(2,3)4/h13H,5-7H2,1-4H3/p+1/t9-/m1/s1. The van der Waals surface area contributed by atoms with Gasteiger partial charge in [0.25, 0.3) is 0 Å². The summed E-state index contributed by atoms with van der Waals surface area (Å²) in [6.07, 6.45) is 0.286. The highest BCUT2D eigenvalue weighted by Gasteiger charge is 2.33. The highest BCUT2D eigenvalue weighted by Crippen LogP contribution is 2.18. The number of quaternary nitrogens is 1. The van der Waals surface area contributed by atoms with Crippen LogP contribution >= 0.6 is 0 Å². The lowest BCUT2D eigenvalue weighted by atomic mass is 9.95. The van der Waals surface area contributed by atoms with Crippen molar-refractivity contribution < 1.29 is 19.5 Å². The fourth-order valence-electron chi connectivity index (χ4n) is 1.46. The van der Waals surface area contributed by atoms with Crippen LogP contribution in [0.25, 0.3) is 0 Å². The molecule has 78 valence electrons. The second-order valence-corrected chi connectivity index (χ2v) is 4.60. The molecule has 0 bridgehead atoms. The van der Waals surface area contributed by atoms with Gasteiger partial charge in [0.15, 0.2) is 0 Å². The van der Waals surface area contributed by atoms with Crippen LogP contribution in [0, 0.1) is 0 Å². The number of hydrogen-bond donors (Lipinski definition) is 2. The van der Waals surface area contributed by atoms with Crippen molar-refractivity contribution in [2.45, 2.75) is 25.4 Å². The fraction of sp³-hybridized carbons (Fsp3) is 0.889. The Morgan fingerprint density at radius 2 is 1.85 bits per heavy atom. The van der Waals surface area contributed by atoms with Gasteiger partial charge in [-0.2, -0.15) is 0 Å². The van der Waals surface area contributed by atoms with Gasteiger partial charge in [0.1, 0.15) is 12.1 Å². The van der Waals surface area contributed by atoms with Gasteiger partial charge in [-0.15, -0.1) is 0 Å². The molecule has 13 heavy (non-hydrogen) atoms. The number of aliphatic hydroxyl groups is 1. The molecule has 0 aliphatic carbocycles. The maximum atomic E-state index is 10.5. The van der Waals surface area contributed by atoms with E-state index in [9.17, 15) is 9.90 Å². The van der Waals surface area contributed by atoms with Crippen molar-refractivity contribution in [2.75, 3.05) is 27.7 Å². The van der Waals surface area contributed by atoms with Gasteiger partial charge in [-0.05, 0) is 6.42 Å². The number of carbonyl (C=O) groups is 1. The zero-order valence-corrected chi connectivity index (χ0v) is 8.87. The first-order valence-corrected chi connectivity index (χ1v) is 4.43. The highest BCUT2D eigenvalue weighted by molar-refractivity contribution is 5.68. The van der Waals surface area contributed by atoms with Crippen molar-refractivity contribution in [3.8, 4) is 0 Å². The molecule has 2 N–H and O–H groups in total. The molecule has 0 fully saturated rings. The summed E-state index contributed by atoms with van der Waals surface area (Å²) in [6, 6.07) is 0. The summed E-state index contributed by atoms with van der Waals surface area (Å²) < 4.78 is 0.567. The van der Waals surface area contributed by atoms with E-state index in [4.69, 9.17) is 5.11 Å². The Hall–Kier alpha value is -0.610. The average Bonchev–Trinajstić information content (AvgIpc) is 1.81. The van der Waals surface area contributed by atoms with E-state index in [0.717, 1.165) is 0 Å². The van der Waals surface area contributed by atoms with Crippen LogP contribution in [0.3, 0.4) is 0 Å². The molecule has 0 aromatic rings. The molecule has 4 nitrogen and oxygen atoms in total. The van der Waals surface area contributed by atoms with Gasteiger partial charge in [0.2, 0.25) is 0 Å². The van der Waals surface area contributed by atoms with Crippen molar-refractivity contribution in [2.24, 2.45) is 0 Å². The molecule has 0 aliphatic rings. The molecule has 0 radical (unpaired) electrons. The van der Waals surface area contributed by atoms with Crippen molar-refractivity contribution in [1.29, 1.82) is 0 Å². The van der Waals surface area contributed by atoms with E-state index in [2.05, 4.69) is 0 Å². The van der Waals surface area contributed by atoms with E-state index in [1.54, 1.807) is 6.92 Å². The third kappa shape index (κ3) is 5.60. The van der Waals surface area contributed by atoms with E-state index in [0.29, 0.717) is 17.4 Å². The molecule has 0 saturated carbocycles. The molecule has 0 aliphatic heterocycles. The first-order valence-electron chi connectivity index (χ1n) is 4.43. The predicted molar refractivity (Wildman–Crippen MR) is 50.4 cm³/mol. The van der Waals surface area contributed by atoms with Crippen LogP contribution in [-0.2, 0) is 4.79 Å². The van der Waals surface area contributed by atoms with Gasteiger partial charge in [-0.3, -0.25) is 4.79 Å². The lowest BCUT2D eigenvalue weighted by Crippen LogP contribution is -2.50. The Morgan fingerprint density at radius 1 is 1.38 bits per heavy atom. The first-order chi connectivity index (χ1) is 5.68. The van der Waals surface area contributed by atoms with E-state index in [1.807, 2.05) is 21.1 Å². The number of nitrogens with zero attached hydrogens (tertiary/aromatic N) is 1. The average molecular weight is 190 g/mol. The summed E-state index contributed by atoms with van der Waals surface area (Å²) in [5.41, 5.74) is -1.08. The van der Waals surface area contributed by atoms with Gasteiger partial charge < -0.3 is 14.7 Å². The van der Waals surface area contributed by atoms with E-state index in [1.165, 1.54) is 0 Å². The molecule has 4 heteroatoms. The number of rotatable bonds is 5. The quantitative estimate of drug-likeness (QED) is 0.613. The van der Waals surface area contributed by atoms with Gasteiger partial charge in [-0.1, -0.05) is 6.92 Å². The molecule has 0 spiro atoms. The third-order valence-electron chi connectivity index (χ3n) is 1.91. The SMILES string of the molecule is CC[C@@](O)(CC(=O)O)C[N+](C)(C)C. The second kappa shape index (κ2) is 4.07. The van der Waals surface area contributed by atoms with E-state index in [-0.39, 0.29) is 6.42 Å². The van der Waals surface area contributed by atoms with Gasteiger partial charge in [0.05, 0.1) is 27.6 Å². The fourth-order valence-corrected chi connectivity index (χ4v) is 1.46. The maximum Gasteiger partial charge on any atom is 0.306 e. The number of carboxylic acid groups (broad SMARTS) is 1. The van der Waals surface area contributed by atoms with E-state index < -0.39 is 11.6 Å². The van der Waals surface area contributed by atoms with Crippen LogP contribution in [0.5, 0.6) is 0 Å². The smallest absolute Gasteiger partial charge is 0.306 e. The number of hydrogen-bond acceptors (Lipinski definition) is 2. The van der Waals surface area contributed by atoms with Crippen LogP contribution in [0.15, 0.2) is 0 Å². The Bertz CT molecular complexity index is 186. The topological polar surface area (TPSA) is 57.5 Å². The summed E-state index contributed by atoms with van der Waals surface area (Å²) in [5.74, 6) is -0.946. The van der Waals surface area contributed by atoms with Crippen molar-refractivity contribution in [3.05, 3.63) is 0 Å². The zero-order chi connectivity index (χ0) is 10.7. The molecule has 0 aromatic heterocycles. The van der Waals surface area contributed by atoms with Crippen LogP contribution in [0.2, 0.25) is 0 Å². The summed E-state index contributed by atoms with van der Waals surface area (Å²) in [5, 5.41) is 18.5. The minimum atomic E-state index is -1.08. The molecular formula is C9H20NO3+. The molecule has 0 aromatic carbocycles. The number of likely N-dealkylation sites (N-methyl/N-ethyl adjacent to an activating group) is 1. The Kier molecular flexibility index (Phi) is 3.88.